The summed E-state index contributed by atoms with van der Waals surface area (Å²) in [5.41, 5.74) is 0.921. The number of nitrogens with zero attached hydrogens (tertiary/aromatic N) is 1. The third-order valence-corrected chi connectivity index (χ3v) is 3.58. The van der Waals surface area contributed by atoms with Gasteiger partial charge in [0.2, 0.25) is 5.78 Å². The van der Waals surface area contributed by atoms with Crippen LogP contribution >= 0.6 is 15.9 Å². The number of rotatable bonds is 4. The maximum atomic E-state index is 13.2. The van der Waals surface area contributed by atoms with Crippen molar-refractivity contribution in [3.63, 3.8) is 0 Å². The van der Waals surface area contributed by atoms with Crippen LogP contribution in [0.1, 0.15) is 15.9 Å². The summed E-state index contributed by atoms with van der Waals surface area (Å²) in [7, 11) is 1.53. The smallest absolute Gasteiger partial charge is 0.203 e. The molecule has 0 bridgehead atoms. The molecule has 22 heavy (non-hydrogen) atoms. The summed E-state index contributed by atoms with van der Waals surface area (Å²) >= 11 is 3.07. The molecule has 0 saturated heterocycles. The minimum absolute atomic E-state index is 0.0244. The Morgan fingerprint density at radius 1 is 1.27 bits per heavy atom. The summed E-state index contributed by atoms with van der Waals surface area (Å²) in [6, 6.07) is 12.6. The van der Waals surface area contributed by atoms with Crippen molar-refractivity contribution in [1.29, 1.82) is 5.26 Å². The van der Waals surface area contributed by atoms with Crippen molar-refractivity contribution in [3.8, 4) is 11.8 Å². The molecule has 3 nitrogen and oxygen atoms in total. The lowest BCUT2D eigenvalue weighted by Crippen LogP contribution is -2.02. The Morgan fingerprint density at radius 3 is 2.50 bits per heavy atom. The zero-order chi connectivity index (χ0) is 16.1. The van der Waals surface area contributed by atoms with E-state index >= 15 is 0 Å². The van der Waals surface area contributed by atoms with Crippen LogP contribution in [0.15, 0.2) is 52.5 Å². The highest BCUT2D eigenvalue weighted by atomic mass is 79.9. The summed E-state index contributed by atoms with van der Waals surface area (Å²) < 4.78 is 18.5. The normalized spacial score (nSPS) is 10.9. The molecule has 0 saturated carbocycles. The van der Waals surface area contributed by atoms with Gasteiger partial charge in [-0.3, -0.25) is 4.79 Å². The van der Waals surface area contributed by atoms with Crippen molar-refractivity contribution in [2.75, 3.05) is 7.11 Å². The van der Waals surface area contributed by atoms with Crippen molar-refractivity contribution in [3.05, 3.63) is 69.5 Å². The van der Waals surface area contributed by atoms with Crippen LogP contribution in [0.4, 0.5) is 4.39 Å². The van der Waals surface area contributed by atoms with E-state index in [-0.39, 0.29) is 10.0 Å². The molecule has 0 radical (unpaired) electrons. The second kappa shape index (κ2) is 7.01. The maximum absolute atomic E-state index is 13.2. The molecule has 2 rings (SSSR count). The van der Waals surface area contributed by atoms with E-state index in [1.165, 1.54) is 31.4 Å². The van der Waals surface area contributed by atoms with Crippen molar-refractivity contribution in [2.24, 2.45) is 0 Å². The minimum atomic E-state index is -0.405. The number of ether oxygens (including phenoxy) is 1. The zero-order valence-corrected chi connectivity index (χ0v) is 13.2. The number of ketones is 1. The van der Waals surface area contributed by atoms with Gasteiger partial charge in [-0.2, -0.15) is 5.26 Å². The van der Waals surface area contributed by atoms with Gasteiger partial charge >= 0.3 is 0 Å². The topological polar surface area (TPSA) is 50.1 Å². The van der Waals surface area contributed by atoms with Crippen LogP contribution in [0.3, 0.4) is 0 Å². The number of carbonyl (C=O) groups excluding carboxylic acids is 1. The van der Waals surface area contributed by atoms with E-state index in [1.54, 1.807) is 24.3 Å². The molecule has 0 atom stereocenters. The van der Waals surface area contributed by atoms with Crippen LogP contribution in [-0.4, -0.2) is 12.9 Å². The predicted octanol–water partition coefficient (Wildman–Crippen LogP) is 4.39. The average Bonchev–Trinajstić information content (AvgIpc) is 2.55. The Labute approximate surface area is 135 Å². The largest absolute Gasteiger partial charge is 0.497 e. The Balaban J connectivity index is 2.33. The van der Waals surface area contributed by atoms with Crippen LogP contribution < -0.4 is 4.74 Å². The van der Waals surface area contributed by atoms with Crippen molar-refractivity contribution >= 4 is 27.8 Å². The lowest BCUT2D eigenvalue weighted by atomic mass is 10.0. The maximum Gasteiger partial charge on any atom is 0.203 e. The van der Waals surface area contributed by atoms with Crippen molar-refractivity contribution in [2.45, 2.75) is 0 Å². The Kier molecular flexibility index (Phi) is 5.08. The number of benzene rings is 2. The summed E-state index contributed by atoms with van der Waals surface area (Å²) in [5, 5.41) is 9.19. The summed E-state index contributed by atoms with van der Waals surface area (Å²) in [6.07, 6.45) is 1.43. The van der Waals surface area contributed by atoms with Gasteiger partial charge in [-0.15, -0.1) is 0 Å². The van der Waals surface area contributed by atoms with E-state index in [4.69, 9.17) is 4.74 Å². The molecular weight excluding hydrogens is 349 g/mol. The number of methoxy groups -OCH3 is 1. The van der Waals surface area contributed by atoms with Crippen LogP contribution in [0, 0.1) is 17.1 Å². The van der Waals surface area contributed by atoms with Gasteiger partial charge in [0, 0.05) is 5.56 Å². The zero-order valence-electron chi connectivity index (χ0n) is 11.6. The molecule has 0 aliphatic rings. The number of hydrogen-bond acceptors (Lipinski definition) is 3. The molecule has 5 heteroatoms. The highest BCUT2D eigenvalue weighted by Crippen LogP contribution is 2.20. The molecule has 0 aromatic heterocycles. The molecular formula is C17H11BrFNO2. The standard InChI is InChI=1S/C17H11BrFNO2/c1-22-14-5-3-12(4-6-14)17(21)13(10-20)8-11-2-7-16(19)15(18)9-11/h2-9H,1H3. The number of Topliss-reactive ketones (excluding diaryl/α,β-unsaturated/α-hetero) is 1. The van der Waals surface area contributed by atoms with Crippen LogP contribution in [0.2, 0.25) is 0 Å². The first-order valence-electron chi connectivity index (χ1n) is 6.30. The number of carbonyl (C=O) groups is 1. The first kappa shape index (κ1) is 15.9. The molecule has 0 aliphatic heterocycles. The molecule has 110 valence electrons. The van der Waals surface area contributed by atoms with E-state index in [0.717, 1.165) is 0 Å². The van der Waals surface area contributed by atoms with Crippen molar-refractivity contribution < 1.29 is 13.9 Å². The molecule has 0 unspecified atom stereocenters. The lowest BCUT2D eigenvalue weighted by molar-refractivity contribution is 0.104. The summed E-state index contributed by atoms with van der Waals surface area (Å²) in [6.45, 7) is 0. The fourth-order valence-corrected chi connectivity index (χ4v) is 2.21. The van der Waals surface area contributed by atoms with Gasteiger partial charge in [-0.05, 0) is 64.0 Å². The molecule has 0 fully saturated rings. The second-order valence-corrected chi connectivity index (χ2v) is 5.26. The molecule has 0 amide bonds. The first-order valence-corrected chi connectivity index (χ1v) is 7.10. The van der Waals surface area contributed by atoms with Gasteiger partial charge in [-0.25, -0.2) is 4.39 Å². The number of hydrogen-bond donors (Lipinski definition) is 0. The number of nitriles is 1. The SMILES string of the molecule is COc1ccc(C(=O)C(C#N)=Cc2ccc(F)c(Br)c2)cc1. The highest BCUT2D eigenvalue weighted by Gasteiger charge is 2.12. The Hall–Kier alpha value is -2.45. The second-order valence-electron chi connectivity index (χ2n) is 4.40. The van der Waals surface area contributed by atoms with Crippen molar-refractivity contribution in [1.82, 2.24) is 0 Å². The van der Waals surface area contributed by atoms with E-state index in [1.807, 2.05) is 6.07 Å². The van der Waals surface area contributed by atoms with E-state index in [9.17, 15) is 14.4 Å². The number of halogens is 2. The van der Waals surface area contributed by atoms with Gasteiger partial charge in [-0.1, -0.05) is 6.07 Å². The molecule has 2 aromatic rings. The van der Waals surface area contributed by atoms with Crippen LogP contribution in [-0.2, 0) is 0 Å². The van der Waals surface area contributed by atoms with E-state index < -0.39 is 11.6 Å². The van der Waals surface area contributed by atoms with Crippen LogP contribution in [0.5, 0.6) is 5.75 Å². The number of allylic oxidation sites excluding steroid dienone is 1. The molecule has 0 N–H and O–H groups in total. The quantitative estimate of drug-likeness (QED) is 0.462. The Morgan fingerprint density at radius 2 is 1.95 bits per heavy atom. The summed E-state index contributed by atoms with van der Waals surface area (Å²) in [5.74, 6) is -0.177. The highest BCUT2D eigenvalue weighted by molar-refractivity contribution is 9.10. The predicted molar refractivity (Wildman–Crippen MR) is 85.0 cm³/mol. The Bertz CT molecular complexity index is 776. The van der Waals surface area contributed by atoms with Gasteiger partial charge in [0.15, 0.2) is 0 Å². The first-order chi connectivity index (χ1) is 10.5. The molecule has 0 aliphatic carbocycles. The minimum Gasteiger partial charge on any atom is -0.497 e. The molecule has 0 heterocycles. The monoisotopic (exact) mass is 359 g/mol. The molecule has 0 spiro atoms. The lowest BCUT2D eigenvalue weighted by Gasteiger charge is -2.03. The van der Waals surface area contributed by atoms with E-state index in [2.05, 4.69) is 15.9 Å². The third-order valence-electron chi connectivity index (χ3n) is 2.97. The third kappa shape index (κ3) is 3.60. The average molecular weight is 360 g/mol. The van der Waals surface area contributed by atoms with Gasteiger partial charge in [0.1, 0.15) is 23.2 Å². The fourth-order valence-electron chi connectivity index (χ4n) is 1.82. The summed E-state index contributed by atoms with van der Waals surface area (Å²) in [4.78, 5) is 12.3. The van der Waals surface area contributed by atoms with Gasteiger partial charge in [0.25, 0.3) is 0 Å². The fraction of sp³-hybridized carbons (Fsp3) is 0.0588. The van der Waals surface area contributed by atoms with Gasteiger partial charge < -0.3 is 4.74 Å². The van der Waals surface area contributed by atoms with Crippen LogP contribution in [0.25, 0.3) is 6.08 Å². The van der Waals surface area contributed by atoms with E-state index in [0.29, 0.717) is 16.9 Å². The molecule has 2 aromatic carbocycles. The van der Waals surface area contributed by atoms with Gasteiger partial charge in [0.05, 0.1) is 11.6 Å².